The highest BCUT2D eigenvalue weighted by molar-refractivity contribution is 5.61. The molecule has 0 saturated carbocycles. The van der Waals surface area contributed by atoms with Crippen LogP contribution in [0.2, 0.25) is 0 Å². The third kappa shape index (κ3) is 4.72. The number of aromatic nitrogens is 2. The normalized spacial score (nSPS) is 10.7. The van der Waals surface area contributed by atoms with Gasteiger partial charge >= 0.3 is 0 Å². The van der Waals surface area contributed by atoms with Gasteiger partial charge in [-0.2, -0.15) is 0 Å². The van der Waals surface area contributed by atoms with Gasteiger partial charge in [0.1, 0.15) is 6.33 Å². The molecule has 0 fully saturated rings. The Kier molecular flexibility index (Phi) is 6.16. The molecule has 0 amide bonds. The topological polar surface area (TPSA) is 85.5 Å². The monoisotopic (exact) mass is 255 g/mol. The summed E-state index contributed by atoms with van der Waals surface area (Å²) in [5.41, 5.74) is 5.66. The van der Waals surface area contributed by atoms with Gasteiger partial charge in [-0.25, -0.2) is 9.97 Å². The predicted molar refractivity (Wildman–Crippen MR) is 70.9 cm³/mol. The minimum absolute atomic E-state index is 0.323. The Labute approximate surface area is 107 Å². The van der Waals surface area contributed by atoms with Crippen molar-refractivity contribution in [3.05, 3.63) is 6.33 Å². The van der Waals surface area contributed by atoms with Crippen LogP contribution in [-0.2, 0) is 4.74 Å². The Morgan fingerprint density at radius 1 is 1.33 bits per heavy atom. The highest BCUT2D eigenvalue weighted by Crippen LogP contribution is 2.25. The van der Waals surface area contributed by atoms with Crippen LogP contribution in [0.15, 0.2) is 6.33 Å². The maximum absolute atomic E-state index is 5.66. The number of anilines is 2. The third-order valence-electron chi connectivity index (χ3n) is 2.26. The number of nitrogens with two attached hydrogens (primary N) is 1. The van der Waals surface area contributed by atoms with E-state index in [1.807, 2.05) is 14.1 Å². The first kappa shape index (κ1) is 14.5. The molecular formula is C11H21N5O2. The number of ether oxygens (including phenoxy) is 2. The van der Waals surface area contributed by atoms with Crippen molar-refractivity contribution >= 4 is 11.6 Å². The molecule has 0 bridgehead atoms. The molecule has 7 nitrogen and oxygen atoms in total. The van der Waals surface area contributed by atoms with Crippen LogP contribution in [0.4, 0.5) is 11.6 Å². The Bertz CT molecular complexity index is 359. The third-order valence-corrected chi connectivity index (χ3v) is 2.26. The first-order valence-corrected chi connectivity index (χ1v) is 5.76. The standard InChI is InChI=1S/C11H21N5O2/c1-16(2)5-7-18-6-4-13-11-9(17-3)10(12)14-8-15-11/h8H,4-7H2,1-3H3,(H3,12,13,14,15). The number of nitrogen functional groups attached to an aromatic ring is 1. The molecule has 0 spiro atoms. The van der Waals surface area contributed by atoms with Gasteiger partial charge in [0, 0.05) is 13.1 Å². The van der Waals surface area contributed by atoms with Gasteiger partial charge in [-0.15, -0.1) is 0 Å². The maximum atomic E-state index is 5.66. The molecule has 102 valence electrons. The molecule has 1 aromatic heterocycles. The number of rotatable bonds is 8. The SMILES string of the molecule is COc1c(N)ncnc1NCCOCCN(C)C. The summed E-state index contributed by atoms with van der Waals surface area (Å²) in [4.78, 5) is 9.99. The average molecular weight is 255 g/mol. The lowest BCUT2D eigenvalue weighted by atomic mass is 10.4. The van der Waals surface area contributed by atoms with E-state index in [2.05, 4.69) is 20.2 Å². The fourth-order valence-electron chi connectivity index (χ4n) is 1.31. The lowest BCUT2D eigenvalue weighted by Gasteiger charge is -2.12. The molecule has 18 heavy (non-hydrogen) atoms. The molecule has 0 aliphatic carbocycles. The van der Waals surface area contributed by atoms with E-state index >= 15 is 0 Å². The van der Waals surface area contributed by atoms with Gasteiger partial charge < -0.3 is 25.4 Å². The number of hydrogen-bond donors (Lipinski definition) is 2. The molecule has 0 atom stereocenters. The molecule has 0 aliphatic heterocycles. The molecule has 0 saturated heterocycles. The Morgan fingerprint density at radius 2 is 2.11 bits per heavy atom. The number of likely N-dealkylation sites (N-methyl/N-ethyl adjacent to an activating group) is 1. The summed E-state index contributed by atoms with van der Waals surface area (Å²) in [5.74, 6) is 1.37. The van der Waals surface area contributed by atoms with E-state index in [1.54, 1.807) is 0 Å². The number of nitrogens with zero attached hydrogens (tertiary/aromatic N) is 3. The lowest BCUT2D eigenvalue weighted by Crippen LogP contribution is -2.20. The smallest absolute Gasteiger partial charge is 0.203 e. The van der Waals surface area contributed by atoms with E-state index in [9.17, 15) is 0 Å². The zero-order valence-corrected chi connectivity index (χ0v) is 11.1. The van der Waals surface area contributed by atoms with Gasteiger partial charge in [0.25, 0.3) is 0 Å². The van der Waals surface area contributed by atoms with Crippen molar-refractivity contribution in [1.82, 2.24) is 14.9 Å². The van der Waals surface area contributed by atoms with Crippen molar-refractivity contribution in [3.8, 4) is 5.75 Å². The summed E-state index contributed by atoms with van der Waals surface area (Å²) in [6, 6.07) is 0. The molecular weight excluding hydrogens is 234 g/mol. The van der Waals surface area contributed by atoms with Crippen molar-refractivity contribution in [2.45, 2.75) is 0 Å². The van der Waals surface area contributed by atoms with Gasteiger partial charge in [-0.05, 0) is 14.1 Å². The van der Waals surface area contributed by atoms with Crippen molar-refractivity contribution in [2.24, 2.45) is 0 Å². The molecule has 1 rings (SSSR count). The number of hydrogen-bond acceptors (Lipinski definition) is 7. The van der Waals surface area contributed by atoms with Gasteiger partial charge in [0.15, 0.2) is 11.6 Å². The fraction of sp³-hybridized carbons (Fsp3) is 0.636. The Balaban J connectivity index is 2.29. The van der Waals surface area contributed by atoms with E-state index in [0.717, 1.165) is 6.54 Å². The summed E-state index contributed by atoms with van der Waals surface area (Å²) in [6.45, 7) is 2.85. The molecule has 1 heterocycles. The van der Waals surface area contributed by atoms with E-state index in [-0.39, 0.29) is 0 Å². The van der Waals surface area contributed by atoms with Crippen LogP contribution in [0.3, 0.4) is 0 Å². The second-order valence-electron chi connectivity index (χ2n) is 3.98. The fourth-order valence-corrected chi connectivity index (χ4v) is 1.31. The van der Waals surface area contributed by atoms with Gasteiger partial charge in [0.05, 0.1) is 20.3 Å². The second-order valence-corrected chi connectivity index (χ2v) is 3.98. The van der Waals surface area contributed by atoms with Gasteiger partial charge in [-0.3, -0.25) is 0 Å². The first-order valence-electron chi connectivity index (χ1n) is 5.76. The summed E-state index contributed by atoms with van der Waals surface area (Å²) < 4.78 is 10.6. The highest BCUT2D eigenvalue weighted by Gasteiger charge is 2.08. The van der Waals surface area contributed by atoms with E-state index in [1.165, 1.54) is 13.4 Å². The predicted octanol–water partition coefficient (Wildman–Crippen LogP) is 0.0575. The van der Waals surface area contributed by atoms with Crippen LogP contribution in [-0.4, -0.2) is 62.4 Å². The van der Waals surface area contributed by atoms with Crippen LogP contribution < -0.4 is 15.8 Å². The molecule has 0 aromatic carbocycles. The molecule has 0 aliphatic rings. The minimum Gasteiger partial charge on any atom is -0.490 e. The number of nitrogens with one attached hydrogen (secondary N) is 1. The quantitative estimate of drug-likeness (QED) is 0.635. The Morgan fingerprint density at radius 3 is 2.78 bits per heavy atom. The largest absolute Gasteiger partial charge is 0.490 e. The van der Waals surface area contributed by atoms with Crippen LogP contribution in [0.5, 0.6) is 5.75 Å². The van der Waals surface area contributed by atoms with Gasteiger partial charge in [-0.1, -0.05) is 0 Å². The number of methoxy groups -OCH3 is 1. The van der Waals surface area contributed by atoms with Crippen LogP contribution in [0, 0.1) is 0 Å². The van der Waals surface area contributed by atoms with Crippen molar-refractivity contribution in [3.63, 3.8) is 0 Å². The highest BCUT2D eigenvalue weighted by atomic mass is 16.5. The van der Waals surface area contributed by atoms with Gasteiger partial charge in [0.2, 0.25) is 5.75 Å². The van der Waals surface area contributed by atoms with Crippen LogP contribution in [0.1, 0.15) is 0 Å². The summed E-state index contributed by atoms with van der Waals surface area (Å²) in [7, 11) is 5.56. The zero-order chi connectivity index (χ0) is 13.4. The van der Waals surface area contributed by atoms with Crippen molar-refractivity contribution in [2.75, 3.05) is 58.6 Å². The van der Waals surface area contributed by atoms with E-state index in [4.69, 9.17) is 15.2 Å². The average Bonchev–Trinajstić information content (AvgIpc) is 2.33. The lowest BCUT2D eigenvalue weighted by molar-refractivity contribution is 0.126. The minimum atomic E-state index is 0.323. The summed E-state index contributed by atoms with van der Waals surface area (Å²) in [5, 5.41) is 3.10. The summed E-state index contributed by atoms with van der Waals surface area (Å²) in [6.07, 6.45) is 1.40. The molecule has 0 unspecified atom stereocenters. The zero-order valence-electron chi connectivity index (χ0n) is 11.1. The Hall–Kier alpha value is -1.60. The molecule has 0 radical (unpaired) electrons. The van der Waals surface area contributed by atoms with Crippen LogP contribution >= 0.6 is 0 Å². The summed E-state index contributed by atoms with van der Waals surface area (Å²) >= 11 is 0. The molecule has 7 heteroatoms. The van der Waals surface area contributed by atoms with Crippen LogP contribution in [0.25, 0.3) is 0 Å². The molecule has 3 N–H and O–H groups in total. The van der Waals surface area contributed by atoms with Crippen molar-refractivity contribution in [1.29, 1.82) is 0 Å². The van der Waals surface area contributed by atoms with E-state index < -0.39 is 0 Å². The van der Waals surface area contributed by atoms with E-state index in [0.29, 0.717) is 37.1 Å². The maximum Gasteiger partial charge on any atom is 0.203 e. The second kappa shape index (κ2) is 7.67. The van der Waals surface area contributed by atoms with Crippen molar-refractivity contribution < 1.29 is 9.47 Å². The molecule has 1 aromatic rings. The first-order chi connectivity index (χ1) is 8.65.